The van der Waals surface area contributed by atoms with Crippen molar-refractivity contribution in [2.45, 2.75) is 186 Å². The third-order valence-electron chi connectivity index (χ3n) is 10.5. The van der Waals surface area contributed by atoms with Crippen LogP contribution in [0.2, 0.25) is 0 Å². The average Bonchev–Trinajstić information content (AvgIpc) is 3.84. The number of amides is 3. The maximum atomic E-state index is 12.7. The zero-order valence-corrected chi connectivity index (χ0v) is 35.5. The number of hydrogen-bond acceptors (Lipinski definition) is 7. The van der Waals surface area contributed by atoms with E-state index in [4.69, 9.17) is 5.73 Å². The van der Waals surface area contributed by atoms with Crippen molar-refractivity contribution in [2.75, 3.05) is 59.1 Å². The van der Waals surface area contributed by atoms with Crippen molar-refractivity contribution in [3.8, 4) is 0 Å². The molecular weight excluding hydrogens is 689 g/mol. The Balaban J connectivity index is 0.000000530. The fourth-order valence-electron chi connectivity index (χ4n) is 7.26. The van der Waals surface area contributed by atoms with Gasteiger partial charge in [-0.25, -0.2) is 8.42 Å². The molecular formula is C41H82N6O5S. The average molecular weight is 771 g/mol. The summed E-state index contributed by atoms with van der Waals surface area (Å²) < 4.78 is 26.8. The Bertz CT molecular complexity index is 1060. The lowest BCUT2D eigenvalue weighted by atomic mass is 10.1. The topological polar surface area (TPSA) is 145 Å². The molecule has 0 aromatic rings. The molecule has 2 aliphatic rings. The first-order valence-corrected chi connectivity index (χ1v) is 23.4. The first-order chi connectivity index (χ1) is 25.6. The number of likely N-dealkylation sites (tertiary alicyclic amines) is 1. The van der Waals surface area contributed by atoms with Gasteiger partial charge in [0, 0.05) is 32.6 Å². The van der Waals surface area contributed by atoms with Crippen LogP contribution in [0, 0.1) is 0 Å². The minimum Gasteiger partial charge on any atom is -0.355 e. The van der Waals surface area contributed by atoms with Gasteiger partial charge in [-0.2, -0.15) is 4.31 Å². The number of nitrogens with two attached hydrogens (primary N) is 1. The van der Waals surface area contributed by atoms with Crippen LogP contribution in [0.4, 0.5) is 0 Å². The van der Waals surface area contributed by atoms with Gasteiger partial charge in [0.15, 0.2) is 0 Å². The van der Waals surface area contributed by atoms with Crippen LogP contribution < -0.4 is 16.4 Å². The molecule has 0 bridgehead atoms. The number of carbonyl (C=O) groups is 3. The number of nitrogens with one attached hydrogen (secondary N) is 2. The van der Waals surface area contributed by atoms with Gasteiger partial charge in [0.25, 0.3) is 0 Å². The number of rotatable bonds is 30. The molecule has 12 heteroatoms. The second kappa shape index (κ2) is 31.4. The summed E-state index contributed by atoms with van der Waals surface area (Å²) in [7, 11) is 0.725. The Morgan fingerprint density at radius 1 is 0.642 bits per heavy atom. The molecule has 2 saturated heterocycles. The minimum atomic E-state index is -3.34. The van der Waals surface area contributed by atoms with Crippen molar-refractivity contribution in [3.63, 3.8) is 0 Å². The van der Waals surface area contributed by atoms with Crippen LogP contribution in [0.3, 0.4) is 0 Å². The van der Waals surface area contributed by atoms with Gasteiger partial charge in [-0.15, -0.1) is 0 Å². The number of sulfonamides is 1. The highest BCUT2D eigenvalue weighted by Crippen LogP contribution is 2.23. The predicted octanol–water partition coefficient (Wildman–Crippen LogP) is 6.74. The van der Waals surface area contributed by atoms with Crippen LogP contribution in [-0.2, 0) is 24.4 Å². The molecule has 0 spiro atoms. The van der Waals surface area contributed by atoms with E-state index in [-0.39, 0.29) is 29.5 Å². The smallest absolute Gasteiger partial charge is 0.242 e. The Labute approximate surface area is 325 Å². The molecule has 0 aromatic carbocycles. The van der Waals surface area contributed by atoms with E-state index < -0.39 is 16.1 Å². The maximum absolute atomic E-state index is 12.7. The Morgan fingerprint density at radius 2 is 1.13 bits per heavy atom. The van der Waals surface area contributed by atoms with Crippen LogP contribution in [0.5, 0.6) is 0 Å². The highest BCUT2D eigenvalue weighted by Gasteiger charge is 2.38. The molecule has 2 rings (SSSR count). The SMILES string of the molecule is CCCCCCCCCCC(=O)N1CCC[C@@H]1C(=O)NCCCN(C)C.CCCCCCCCCCS(=O)(=O)N1CCC[C@@H]1C(=O)NCCCCCN. The van der Waals surface area contributed by atoms with Crippen molar-refractivity contribution in [2.24, 2.45) is 5.73 Å². The fraction of sp³-hybridized carbons (Fsp3) is 0.927. The molecule has 53 heavy (non-hydrogen) atoms. The lowest BCUT2D eigenvalue weighted by Gasteiger charge is -2.24. The number of carbonyl (C=O) groups excluding carboxylic acids is 3. The molecule has 2 heterocycles. The molecule has 0 radical (unpaired) electrons. The van der Waals surface area contributed by atoms with Crippen LogP contribution in [-0.4, -0.2) is 111 Å². The van der Waals surface area contributed by atoms with E-state index in [0.717, 1.165) is 83.7 Å². The largest absolute Gasteiger partial charge is 0.355 e. The molecule has 2 atom stereocenters. The molecule has 3 amide bonds. The van der Waals surface area contributed by atoms with Crippen molar-refractivity contribution in [1.82, 2.24) is 24.7 Å². The van der Waals surface area contributed by atoms with Crippen LogP contribution in [0.1, 0.15) is 174 Å². The van der Waals surface area contributed by atoms with Crippen molar-refractivity contribution in [1.29, 1.82) is 0 Å². The van der Waals surface area contributed by atoms with Gasteiger partial charge in [0.2, 0.25) is 27.7 Å². The third kappa shape index (κ3) is 23.0. The molecule has 4 N–H and O–H groups in total. The van der Waals surface area contributed by atoms with Gasteiger partial charge >= 0.3 is 0 Å². The first kappa shape index (κ1) is 49.3. The minimum absolute atomic E-state index is 0.0329. The zero-order chi connectivity index (χ0) is 39.2. The van der Waals surface area contributed by atoms with Crippen LogP contribution >= 0.6 is 0 Å². The molecule has 312 valence electrons. The lowest BCUT2D eigenvalue weighted by Crippen LogP contribution is -2.46. The van der Waals surface area contributed by atoms with Crippen LogP contribution in [0.15, 0.2) is 0 Å². The van der Waals surface area contributed by atoms with E-state index in [2.05, 4.69) is 29.4 Å². The maximum Gasteiger partial charge on any atom is 0.242 e. The fourth-order valence-corrected chi connectivity index (χ4v) is 9.06. The van der Waals surface area contributed by atoms with Crippen molar-refractivity contribution < 1.29 is 22.8 Å². The molecule has 11 nitrogen and oxygen atoms in total. The highest BCUT2D eigenvalue weighted by molar-refractivity contribution is 7.89. The van der Waals surface area contributed by atoms with Gasteiger partial charge in [0.05, 0.1) is 5.75 Å². The second-order valence-electron chi connectivity index (χ2n) is 15.6. The van der Waals surface area contributed by atoms with E-state index in [1.807, 2.05) is 19.0 Å². The summed E-state index contributed by atoms with van der Waals surface area (Å²) in [6, 6.07) is -0.755. The Morgan fingerprint density at radius 3 is 1.72 bits per heavy atom. The number of nitrogens with zero attached hydrogens (tertiary/aromatic N) is 3. The molecule has 0 unspecified atom stereocenters. The van der Waals surface area contributed by atoms with Gasteiger partial charge in [-0.1, -0.05) is 110 Å². The molecule has 0 saturated carbocycles. The summed E-state index contributed by atoms with van der Waals surface area (Å²) >= 11 is 0. The number of unbranched alkanes of at least 4 members (excludes halogenated alkanes) is 16. The third-order valence-corrected chi connectivity index (χ3v) is 12.5. The highest BCUT2D eigenvalue weighted by atomic mass is 32.2. The van der Waals surface area contributed by atoms with E-state index in [0.29, 0.717) is 45.4 Å². The van der Waals surface area contributed by atoms with Gasteiger partial charge in [-0.05, 0) is 85.0 Å². The summed E-state index contributed by atoms with van der Waals surface area (Å²) in [5.41, 5.74) is 5.46. The van der Waals surface area contributed by atoms with Gasteiger partial charge in [-0.3, -0.25) is 14.4 Å². The molecule has 0 aromatic heterocycles. The van der Waals surface area contributed by atoms with E-state index in [1.54, 1.807) is 0 Å². The van der Waals surface area contributed by atoms with E-state index in [9.17, 15) is 22.8 Å². The Hall–Kier alpha value is -1.76. The summed E-state index contributed by atoms with van der Waals surface area (Å²) in [5, 5.41) is 5.91. The van der Waals surface area contributed by atoms with Crippen molar-refractivity contribution in [3.05, 3.63) is 0 Å². The zero-order valence-electron chi connectivity index (χ0n) is 34.7. The predicted molar refractivity (Wildman–Crippen MR) is 220 cm³/mol. The van der Waals surface area contributed by atoms with E-state index >= 15 is 0 Å². The monoisotopic (exact) mass is 771 g/mol. The first-order valence-electron chi connectivity index (χ1n) is 21.8. The quantitative estimate of drug-likeness (QED) is 0.0687. The molecule has 0 aliphatic carbocycles. The summed E-state index contributed by atoms with van der Waals surface area (Å²) in [6.45, 7) is 8.58. The molecule has 2 aliphatic heterocycles. The van der Waals surface area contributed by atoms with E-state index in [1.165, 1.54) is 74.9 Å². The van der Waals surface area contributed by atoms with Gasteiger partial charge < -0.3 is 26.2 Å². The standard InChI is InChI=1S/C21H41N3O2.C20H41N3O3S/c1-4-5-6-7-8-9-10-11-15-20(25)24-18-12-14-19(24)21(26)22-16-13-17-23(2)3;1-2-3-4-5-6-7-8-12-18-27(25,26)23-17-13-14-19(23)20(24)22-16-11-9-10-15-21/h19H,4-18H2,1-3H3,(H,22,26);19H,2-18,21H2,1H3,(H,22,24)/t2*19-/m11/s1. The summed E-state index contributed by atoms with van der Waals surface area (Å²) in [6.07, 6.45) is 26.4. The van der Waals surface area contributed by atoms with Crippen molar-refractivity contribution >= 4 is 27.7 Å². The molecule has 2 fully saturated rings. The summed E-state index contributed by atoms with van der Waals surface area (Å²) in [4.78, 5) is 41.2. The lowest BCUT2D eigenvalue weighted by molar-refractivity contribution is -0.138. The normalized spacial score (nSPS) is 17.6. The summed E-state index contributed by atoms with van der Waals surface area (Å²) in [5.74, 6) is 0.231. The van der Waals surface area contributed by atoms with Crippen LogP contribution in [0.25, 0.3) is 0 Å². The second-order valence-corrected chi connectivity index (χ2v) is 17.7. The van der Waals surface area contributed by atoms with Gasteiger partial charge in [0.1, 0.15) is 12.1 Å². The Kier molecular flexibility index (Phi) is 29.2. The number of hydrogen-bond donors (Lipinski definition) is 3.